The fraction of sp³-hybridized carbons (Fsp3) is 0.586. The van der Waals surface area contributed by atoms with Crippen molar-refractivity contribution in [1.29, 1.82) is 0 Å². The molecule has 5 nitrogen and oxygen atoms in total. The molecular formula is C29H33BBrNO4. The first-order valence-electron chi connectivity index (χ1n) is 13.3. The Morgan fingerprint density at radius 2 is 1.94 bits per heavy atom. The average Bonchev–Trinajstić information content (AvgIpc) is 3.64. The number of benzene rings is 2. The van der Waals surface area contributed by atoms with Gasteiger partial charge in [-0.15, -0.1) is 0 Å². The standard InChI is InChI=1S/C29H33BBrNO4/c1-33-29(34-2)24(31)13-20-22-12-19-21(30)14-23(35-16-18-6-4-3-5-7-18)26-25(19)28(20,27(29)36-26)10-11-32(22)15-17-8-9-17/h3-7,14,17,20,22,24,27H,8-13,15-16H2,1-2H3/t20?,22?,24?,27-,28+/m0/s1. The number of nitrogens with zero attached hydrogens (tertiary/aromatic N) is 1. The molecule has 1 saturated heterocycles. The van der Waals surface area contributed by atoms with Gasteiger partial charge >= 0.3 is 0 Å². The number of likely N-dealkylation sites (tertiary alicyclic amines) is 1. The zero-order chi connectivity index (χ0) is 24.7. The quantitative estimate of drug-likeness (QED) is 0.298. The van der Waals surface area contributed by atoms with Gasteiger partial charge < -0.3 is 18.9 Å². The molecule has 5 aliphatic rings. The molecule has 2 bridgehead atoms. The lowest BCUT2D eigenvalue weighted by Crippen LogP contribution is -2.74. The molecule has 2 radical (unpaired) electrons. The summed E-state index contributed by atoms with van der Waals surface area (Å²) in [4.78, 5) is 2.78. The van der Waals surface area contributed by atoms with Crippen LogP contribution in [0.2, 0.25) is 0 Å². The lowest BCUT2D eigenvalue weighted by Gasteiger charge is -2.62. The van der Waals surface area contributed by atoms with E-state index in [0.29, 0.717) is 18.6 Å². The van der Waals surface area contributed by atoms with Gasteiger partial charge in [-0.2, -0.15) is 0 Å². The second-order valence-electron chi connectivity index (χ2n) is 11.4. The molecule has 3 aliphatic carbocycles. The van der Waals surface area contributed by atoms with E-state index in [0.717, 1.165) is 54.3 Å². The van der Waals surface area contributed by atoms with Crippen LogP contribution in [0.3, 0.4) is 0 Å². The number of hydrogen-bond acceptors (Lipinski definition) is 5. The molecule has 188 valence electrons. The highest BCUT2D eigenvalue weighted by atomic mass is 79.9. The summed E-state index contributed by atoms with van der Waals surface area (Å²) in [6, 6.07) is 12.7. The van der Waals surface area contributed by atoms with E-state index in [1.54, 1.807) is 14.2 Å². The van der Waals surface area contributed by atoms with Gasteiger partial charge in [-0.05, 0) is 67.7 Å². The number of hydrogen-bond donors (Lipinski definition) is 0. The van der Waals surface area contributed by atoms with E-state index in [1.807, 2.05) is 24.3 Å². The van der Waals surface area contributed by atoms with E-state index in [4.69, 9.17) is 26.8 Å². The second kappa shape index (κ2) is 8.49. The number of alkyl halides is 1. The largest absolute Gasteiger partial charge is 0.485 e. The average molecular weight is 550 g/mol. The van der Waals surface area contributed by atoms with E-state index >= 15 is 0 Å². The molecule has 1 spiro atoms. The monoisotopic (exact) mass is 549 g/mol. The summed E-state index contributed by atoms with van der Waals surface area (Å²) >= 11 is 3.99. The first-order chi connectivity index (χ1) is 17.5. The van der Waals surface area contributed by atoms with Crippen LogP contribution in [0.1, 0.15) is 42.4 Å². The van der Waals surface area contributed by atoms with Crippen LogP contribution >= 0.6 is 15.9 Å². The molecule has 2 heterocycles. The topological polar surface area (TPSA) is 40.2 Å². The molecule has 5 atom stereocenters. The zero-order valence-electron chi connectivity index (χ0n) is 21.0. The van der Waals surface area contributed by atoms with Crippen molar-refractivity contribution in [1.82, 2.24) is 4.90 Å². The predicted molar refractivity (Wildman–Crippen MR) is 143 cm³/mol. The van der Waals surface area contributed by atoms with Crippen molar-refractivity contribution in [3.63, 3.8) is 0 Å². The molecule has 36 heavy (non-hydrogen) atoms. The van der Waals surface area contributed by atoms with Crippen LogP contribution in [0.25, 0.3) is 0 Å². The maximum absolute atomic E-state index is 6.97. The van der Waals surface area contributed by atoms with Gasteiger partial charge in [0.2, 0.25) is 5.79 Å². The van der Waals surface area contributed by atoms with Gasteiger partial charge in [0.1, 0.15) is 14.5 Å². The van der Waals surface area contributed by atoms with Gasteiger partial charge in [-0.25, -0.2) is 0 Å². The molecule has 2 aromatic carbocycles. The molecule has 0 aromatic heterocycles. The molecule has 2 aromatic rings. The normalized spacial score (nSPS) is 33.6. The molecule has 7 rings (SSSR count). The van der Waals surface area contributed by atoms with E-state index in [-0.39, 0.29) is 16.3 Å². The summed E-state index contributed by atoms with van der Waals surface area (Å²) in [6.07, 6.45) is 5.42. The van der Waals surface area contributed by atoms with Crippen LogP contribution in [0, 0.1) is 11.8 Å². The maximum atomic E-state index is 6.97. The SMILES string of the molecule is [B]c1cc(OCc2ccccc2)c2c3c1CC1C4CC(Br)C(OC)(OC)[C@@H](O2)[C@@]34CCN1CC1CC1. The Hall–Kier alpha value is -1.54. The number of rotatable bonds is 7. The van der Waals surface area contributed by atoms with Gasteiger partial charge in [0.15, 0.2) is 17.6 Å². The Labute approximate surface area is 223 Å². The molecule has 0 N–H and O–H groups in total. The van der Waals surface area contributed by atoms with Crippen LogP contribution in [-0.4, -0.2) is 62.8 Å². The highest BCUT2D eigenvalue weighted by Crippen LogP contribution is 2.66. The number of ether oxygens (including phenoxy) is 4. The summed E-state index contributed by atoms with van der Waals surface area (Å²) < 4.78 is 25.8. The van der Waals surface area contributed by atoms with Crippen molar-refractivity contribution < 1.29 is 18.9 Å². The summed E-state index contributed by atoms with van der Waals surface area (Å²) in [5, 5.41) is 0. The van der Waals surface area contributed by atoms with Gasteiger partial charge in [-0.3, -0.25) is 4.90 Å². The van der Waals surface area contributed by atoms with Crippen LogP contribution in [0.4, 0.5) is 0 Å². The summed E-state index contributed by atoms with van der Waals surface area (Å²) in [6.45, 7) is 2.74. The fourth-order valence-electron chi connectivity index (χ4n) is 7.89. The minimum Gasteiger partial charge on any atom is -0.485 e. The first-order valence-corrected chi connectivity index (χ1v) is 14.2. The Balaban J connectivity index is 1.36. The van der Waals surface area contributed by atoms with Crippen molar-refractivity contribution in [2.45, 2.75) is 66.9 Å². The van der Waals surface area contributed by atoms with Crippen molar-refractivity contribution in [2.24, 2.45) is 11.8 Å². The zero-order valence-corrected chi connectivity index (χ0v) is 22.6. The van der Waals surface area contributed by atoms with E-state index in [9.17, 15) is 0 Å². The van der Waals surface area contributed by atoms with E-state index < -0.39 is 5.79 Å². The molecule has 3 unspecified atom stereocenters. The summed E-state index contributed by atoms with van der Waals surface area (Å²) in [5.74, 6) is 1.98. The highest BCUT2D eigenvalue weighted by Gasteiger charge is 2.73. The molecule has 2 saturated carbocycles. The Morgan fingerprint density at radius 3 is 2.67 bits per heavy atom. The molecule has 3 fully saturated rings. The Kier molecular flexibility index (Phi) is 5.56. The second-order valence-corrected chi connectivity index (χ2v) is 12.5. The van der Waals surface area contributed by atoms with E-state index in [2.05, 4.69) is 33.0 Å². The molecule has 7 heteroatoms. The first kappa shape index (κ1) is 23.6. The fourth-order valence-corrected chi connectivity index (χ4v) is 8.91. The third-order valence-corrected chi connectivity index (χ3v) is 10.7. The van der Waals surface area contributed by atoms with Gasteiger partial charge in [-0.1, -0.05) is 51.7 Å². The minimum absolute atomic E-state index is 0.0217. The van der Waals surface area contributed by atoms with Crippen LogP contribution < -0.4 is 14.9 Å². The summed E-state index contributed by atoms with van der Waals surface area (Å²) in [5.41, 5.74) is 4.24. The van der Waals surface area contributed by atoms with Crippen LogP contribution in [0.5, 0.6) is 11.5 Å². The Morgan fingerprint density at radius 1 is 1.17 bits per heavy atom. The van der Waals surface area contributed by atoms with Gasteiger partial charge in [0.25, 0.3) is 0 Å². The third-order valence-electron chi connectivity index (χ3n) is 9.71. The number of methoxy groups -OCH3 is 2. The van der Waals surface area contributed by atoms with E-state index in [1.165, 1.54) is 30.5 Å². The molecular weight excluding hydrogens is 517 g/mol. The minimum atomic E-state index is -0.890. The summed E-state index contributed by atoms with van der Waals surface area (Å²) in [7, 11) is 10.3. The van der Waals surface area contributed by atoms with Gasteiger partial charge in [0, 0.05) is 37.8 Å². The van der Waals surface area contributed by atoms with Crippen molar-refractivity contribution >= 4 is 29.2 Å². The number of halogens is 1. The number of piperidine rings is 1. The Bertz CT molecular complexity index is 1170. The smallest absolute Gasteiger partial charge is 0.219 e. The van der Waals surface area contributed by atoms with Crippen molar-refractivity contribution in [3.05, 3.63) is 53.1 Å². The molecule has 2 aliphatic heterocycles. The third kappa shape index (κ3) is 3.18. The van der Waals surface area contributed by atoms with Crippen LogP contribution in [-0.2, 0) is 27.9 Å². The van der Waals surface area contributed by atoms with Crippen molar-refractivity contribution in [3.8, 4) is 11.5 Å². The van der Waals surface area contributed by atoms with Crippen LogP contribution in [0.15, 0.2) is 36.4 Å². The molecule has 0 amide bonds. The maximum Gasteiger partial charge on any atom is 0.219 e. The lowest BCUT2D eigenvalue weighted by molar-refractivity contribution is -0.287. The van der Waals surface area contributed by atoms with Crippen molar-refractivity contribution in [2.75, 3.05) is 27.3 Å². The predicted octanol–water partition coefficient (Wildman–Crippen LogP) is 3.87. The highest BCUT2D eigenvalue weighted by molar-refractivity contribution is 9.09. The lowest BCUT2D eigenvalue weighted by atomic mass is 9.50. The van der Waals surface area contributed by atoms with Gasteiger partial charge in [0.05, 0.1) is 4.83 Å².